The highest BCUT2D eigenvalue weighted by molar-refractivity contribution is 6.30. The number of amides is 1. The van der Waals surface area contributed by atoms with Crippen LogP contribution in [0.25, 0.3) is 16.9 Å². The first kappa shape index (κ1) is 20.9. The molecule has 30 heavy (non-hydrogen) atoms. The van der Waals surface area contributed by atoms with Crippen LogP contribution in [0.15, 0.2) is 54.6 Å². The van der Waals surface area contributed by atoms with Crippen LogP contribution in [0, 0.1) is 0 Å². The van der Waals surface area contributed by atoms with Gasteiger partial charge in [0.25, 0.3) is 5.91 Å². The molecule has 1 unspecified atom stereocenters. The molecule has 1 N–H and O–H groups in total. The predicted octanol–water partition coefficient (Wildman–Crippen LogP) is 5.06. The lowest BCUT2D eigenvalue weighted by molar-refractivity contribution is 0.0923. The second kappa shape index (κ2) is 9.21. The molecule has 0 spiro atoms. The molecule has 1 aromatic heterocycles. The fraction of sp³-hybridized carbons (Fsp3) is 0.304. The Kier molecular flexibility index (Phi) is 6.42. The van der Waals surface area contributed by atoms with E-state index in [0.717, 1.165) is 29.9 Å². The molecular formula is C23H24Cl2N4O. The molecule has 156 valence electrons. The fourth-order valence-corrected chi connectivity index (χ4v) is 4.05. The van der Waals surface area contributed by atoms with E-state index in [0.29, 0.717) is 28.3 Å². The number of likely N-dealkylation sites (tertiary alicyclic amines) is 1. The van der Waals surface area contributed by atoms with Crippen LogP contribution >= 0.6 is 23.2 Å². The van der Waals surface area contributed by atoms with E-state index in [1.807, 2.05) is 54.6 Å². The maximum absolute atomic E-state index is 12.9. The molecule has 2 heterocycles. The second-order valence-electron chi connectivity index (χ2n) is 7.65. The largest absolute Gasteiger partial charge is 0.349 e. The minimum absolute atomic E-state index is 0.170. The quantitative estimate of drug-likeness (QED) is 0.600. The van der Waals surface area contributed by atoms with Gasteiger partial charge in [0.05, 0.1) is 11.4 Å². The number of aromatic nitrogens is 2. The summed E-state index contributed by atoms with van der Waals surface area (Å²) in [5.41, 5.74) is 2.95. The third-order valence-corrected chi connectivity index (χ3v) is 6.08. The molecule has 1 aliphatic rings. The van der Waals surface area contributed by atoms with Crippen LogP contribution in [0.4, 0.5) is 0 Å². The minimum atomic E-state index is -0.170. The Morgan fingerprint density at radius 3 is 2.40 bits per heavy atom. The zero-order valence-corrected chi connectivity index (χ0v) is 18.3. The minimum Gasteiger partial charge on any atom is -0.349 e. The number of piperidine rings is 1. The summed E-state index contributed by atoms with van der Waals surface area (Å²) < 4.78 is 1.77. The Morgan fingerprint density at radius 1 is 1.07 bits per heavy atom. The van der Waals surface area contributed by atoms with Crippen molar-refractivity contribution in [1.29, 1.82) is 0 Å². The lowest BCUT2D eigenvalue weighted by atomic mass is 10.0. The molecule has 3 aromatic rings. The van der Waals surface area contributed by atoms with Crippen molar-refractivity contribution in [3.63, 3.8) is 0 Å². The number of carbonyl (C=O) groups excluding carboxylic acids is 1. The SMILES string of the molecule is CN1CCCCC1CNC(=O)c1cc(-c2ccc(Cl)cc2)n(-c2ccc(Cl)cc2)n1. The van der Waals surface area contributed by atoms with Gasteiger partial charge in [-0.15, -0.1) is 0 Å². The van der Waals surface area contributed by atoms with E-state index in [4.69, 9.17) is 23.2 Å². The van der Waals surface area contributed by atoms with Crippen LogP contribution in [0.2, 0.25) is 10.0 Å². The first-order valence-corrected chi connectivity index (χ1v) is 10.9. The molecule has 1 amide bonds. The number of likely N-dealkylation sites (N-methyl/N-ethyl adjacent to an activating group) is 1. The highest BCUT2D eigenvalue weighted by Gasteiger charge is 2.21. The summed E-state index contributed by atoms with van der Waals surface area (Å²) in [5, 5.41) is 8.97. The second-order valence-corrected chi connectivity index (χ2v) is 8.52. The molecular weight excluding hydrogens is 419 g/mol. The van der Waals surface area contributed by atoms with Crippen molar-refractivity contribution in [3.05, 3.63) is 70.3 Å². The van der Waals surface area contributed by atoms with Crippen molar-refractivity contribution in [2.24, 2.45) is 0 Å². The molecule has 1 aliphatic heterocycles. The van der Waals surface area contributed by atoms with E-state index in [2.05, 4.69) is 22.4 Å². The maximum Gasteiger partial charge on any atom is 0.271 e. The van der Waals surface area contributed by atoms with E-state index in [1.54, 1.807) is 4.68 Å². The number of hydrogen-bond acceptors (Lipinski definition) is 3. The molecule has 0 saturated carbocycles. The molecule has 1 fully saturated rings. The first-order chi connectivity index (χ1) is 14.5. The van der Waals surface area contributed by atoms with E-state index in [1.165, 1.54) is 12.8 Å². The van der Waals surface area contributed by atoms with Gasteiger partial charge in [0, 0.05) is 28.2 Å². The van der Waals surface area contributed by atoms with Gasteiger partial charge in [-0.1, -0.05) is 41.8 Å². The Labute approximate surface area is 186 Å². The smallest absolute Gasteiger partial charge is 0.271 e. The molecule has 7 heteroatoms. The average Bonchev–Trinajstić information content (AvgIpc) is 3.19. The summed E-state index contributed by atoms with van der Waals surface area (Å²) in [6.45, 7) is 1.70. The summed E-state index contributed by atoms with van der Waals surface area (Å²) in [7, 11) is 2.11. The van der Waals surface area contributed by atoms with Crippen LogP contribution in [0.5, 0.6) is 0 Å². The van der Waals surface area contributed by atoms with Gasteiger partial charge in [0.1, 0.15) is 0 Å². The molecule has 0 aliphatic carbocycles. The van der Waals surface area contributed by atoms with Crippen molar-refractivity contribution in [2.75, 3.05) is 20.1 Å². The van der Waals surface area contributed by atoms with E-state index >= 15 is 0 Å². The lowest BCUT2D eigenvalue weighted by Crippen LogP contribution is -2.44. The summed E-state index contributed by atoms with van der Waals surface area (Å²) in [5.74, 6) is -0.170. The number of carbonyl (C=O) groups is 1. The third-order valence-electron chi connectivity index (χ3n) is 5.57. The third kappa shape index (κ3) is 4.69. The molecule has 1 saturated heterocycles. The van der Waals surface area contributed by atoms with Gasteiger partial charge in [-0.2, -0.15) is 5.10 Å². The van der Waals surface area contributed by atoms with Gasteiger partial charge >= 0.3 is 0 Å². The molecule has 4 rings (SSSR count). The fourth-order valence-electron chi connectivity index (χ4n) is 3.80. The van der Waals surface area contributed by atoms with Crippen molar-refractivity contribution in [3.8, 4) is 16.9 Å². The maximum atomic E-state index is 12.9. The monoisotopic (exact) mass is 442 g/mol. The number of nitrogens with zero attached hydrogens (tertiary/aromatic N) is 3. The van der Waals surface area contributed by atoms with Crippen molar-refractivity contribution in [2.45, 2.75) is 25.3 Å². The van der Waals surface area contributed by atoms with Crippen molar-refractivity contribution < 1.29 is 4.79 Å². The van der Waals surface area contributed by atoms with Gasteiger partial charge in [-0.3, -0.25) is 4.79 Å². The van der Waals surface area contributed by atoms with Crippen molar-refractivity contribution >= 4 is 29.1 Å². The van der Waals surface area contributed by atoms with Gasteiger partial charge in [0.15, 0.2) is 5.69 Å². The summed E-state index contributed by atoms with van der Waals surface area (Å²) >= 11 is 12.1. The van der Waals surface area contributed by atoms with Crippen molar-refractivity contribution in [1.82, 2.24) is 20.0 Å². The highest BCUT2D eigenvalue weighted by atomic mass is 35.5. The number of hydrogen-bond donors (Lipinski definition) is 1. The van der Waals surface area contributed by atoms with E-state index in [9.17, 15) is 4.79 Å². The molecule has 0 radical (unpaired) electrons. The number of rotatable bonds is 5. The zero-order chi connectivity index (χ0) is 21.1. The average molecular weight is 443 g/mol. The molecule has 0 bridgehead atoms. The highest BCUT2D eigenvalue weighted by Crippen LogP contribution is 2.26. The Balaban J connectivity index is 1.61. The van der Waals surface area contributed by atoms with Crippen LogP contribution in [-0.4, -0.2) is 46.8 Å². The van der Waals surface area contributed by atoms with Gasteiger partial charge < -0.3 is 10.2 Å². The Bertz CT molecular complexity index is 952. The standard InChI is InChI=1S/C23H24Cl2N4O/c1-28-13-3-2-4-20(28)15-26-23(30)21-14-22(16-5-7-17(24)8-6-16)29(27-21)19-11-9-18(25)10-12-19/h5-12,14,20H,2-4,13,15H2,1H3,(H,26,30). The summed E-state index contributed by atoms with van der Waals surface area (Å²) in [6.07, 6.45) is 3.53. The van der Waals surface area contributed by atoms with Gasteiger partial charge in [-0.05, 0) is 68.9 Å². The topological polar surface area (TPSA) is 50.2 Å². The molecule has 1 atom stereocenters. The van der Waals surface area contributed by atoms with E-state index < -0.39 is 0 Å². The normalized spacial score (nSPS) is 17.1. The molecule has 2 aromatic carbocycles. The van der Waals surface area contributed by atoms with Gasteiger partial charge in [-0.25, -0.2) is 4.68 Å². The Hall–Kier alpha value is -2.34. The van der Waals surface area contributed by atoms with Crippen LogP contribution in [0.3, 0.4) is 0 Å². The lowest BCUT2D eigenvalue weighted by Gasteiger charge is -2.32. The zero-order valence-electron chi connectivity index (χ0n) is 16.8. The Morgan fingerprint density at radius 2 is 1.73 bits per heavy atom. The predicted molar refractivity (Wildman–Crippen MR) is 122 cm³/mol. The first-order valence-electron chi connectivity index (χ1n) is 10.1. The van der Waals surface area contributed by atoms with E-state index in [-0.39, 0.29) is 5.91 Å². The number of halogens is 2. The number of nitrogens with one attached hydrogen (secondary N) is 1. The van der Waals surface area contributed by atoms with Crippen LogP contribution < -0.4 is 5.32 Å². The van der Waals surface area contributed by atoms with Gasteiger partial charge in [0.2, 0.25) is 0 Å². The molecule has 5 nitrogen and oxygen atoms in total. The number of benzene rings is 2. The summed E-state index contributed by atoms with van der Waals surface area (Å²) in [6, 6.07) is 17.1. The van der Waals surface area contributed by atoms with Crippen LogP contribution in [0.1, 0.15) is 29.8 Å². The van der Waals surface area contributed by atoms with Crippen LogP contribution in [-0.2, 0) is 0 Å². The summed E-state index contributed by atoms with van der Waals surface area (Å²) in [4.78, 5) is 15.2.